The molecule has 1 amide bonds. The Hall–Kier alpha value is -2.28. The molecule has 0 radical (unpaired) electrons. The highest BCUT2D eigenvalue weighted by molar-refractivity contribution is 5.85. The lowest BCUT2D eigenvalue weighted by molar-refractivity contribution is -0.174. The van der Waals surface area contributed by atoms with Gasteiger partial charge >= 0.3 is 12.1 Å². The van der Waals surface area contributed by atoms with Gasteiger partial charge in [0.1, 0.15) is 18.0 Å². The Morgan fingerprint density at radius 1 is 1.30 bits per heavy atom. The number of carbonyl (C=O) groups is 2. The van der Waals surface area contributed by atoms with Crippen molar-refractivity contribution in [1.29, 1.82) is 0 Å². The number of anilines is 1. The van der Waals surface area contributed by atoms with Crippen molar-refractivity contribution in [2.24, 2.45) is 22.7 Å². The van der Waals surface area contributed by atoms with E-state index in [4.69, 9.17) is 14.2 Å². The van der Waals surface area contributed by atoms with Crippen LogP contribution in [0, 0.1) is 22.7 Å². The summed E-state index contributed by atoms with van der Waals surface area (Å²) in [5.41, 5.74) is -0.0989. The Morgan fingerprint density at radius 2 is 2.10 bits per heavy atom. The van der Waals surface area contributed by atoms with Crippen LogP contribution in [0.2, 0.25) is 0 Å². The number of carbonyl (C=O) groups excluding carboxylic acids is 2. The van der Waals surface area contributed by atoms with E-state index >= 15 is 0 Å². The van der Waals surface area contributed by atoms with Gasteiger partial charge in [-0.3, -0.25) is 10.1 Å². The van der Waals surface area contributed by atoms with E-state index < -0.39 is 17.6 Å². The molecular weight excluding hydrogens is 386 g/mol. The highest BCUT2D eigenvalue weighted by Crippen LogP contribution is 2.62. The highest BCUT2D eigenvalue weighted by atomic mass is 16.6. The van der Waals surface area contributed by atoms with Gasteiger partial charge in [0.2, 0.25) is 0 Å². The van der Waals surface area contributed by atoms with Gasteiger partial charge in [-0.1, -0.05) is 19.9 Å². The zero-order chi connectivity index (χ0) is 21.5. The predicted octanol–water partition coefficient (Wildman–Crippen LogP) is 3.75. The fraction of sp³-hybridized carbons (Fsp3) is 0.652. The molecule has 0 aromatic heterocycles. The molecule has 3 aliphatic rings. The molecule has 7 heteroatoms. The number of amides is 1. The fourth-order valence-corrected chi connectivity index (χ4v) is 6.27. The minimum atomic E-state index is -0.574. The van der Waals surface area contributed by atoms with Gasteiger partial charge in [-0.2, -0.15) is 0 Å². The van der Waals surface area contributed by atoms with Crippen LogP contribution in [0.3, 0.4) is 0 Å². The largest absolute Gasteiger partial charge is 0.497 e. The van der Waals surface area contributed by atoms with E-state index in [-0.39, 0.29) is 35.9 Å². The second kappa shape index (κ2) is 7.76. The summed E-state index contributed by atoms with van der Waals surface area (Å²) in [6.07, 6.45) is 2.62. The van der Waals surface area contributed by atoms with Crippen molar-refractivity contribution < 1.29 is 28.9 Å². The lowest BCUT2D eigenvalue weighted by atomic mass is 9.46. The third-order valence-corrected chi connectivity index (χ3v) is 7.88. The van der Waals surface area contributed by atoms with Crippen molar-refractivity contribution in [3.8, 4) is 5.75 Å². The molecule has 1 saturated heterocycles. The van der Waals surface area contributed by atoms with Gasteiger partial charge in [0.15, 0.2) is 0 Å². The van der Waals surface area contributed by atoms with Crippen LogP contribution in [-0.4, -0.2) is 43.1 Å². The Bertz CT molecular complexity index is 828. The molecule has 7 nitrogen and oxygen atoms in total. The van der Waals surface area contributed by atoms with Crippen molar-refractivity contribution in [2.45, 2.75) is 58.2 Å². The minimum Gasteiger partial charge on any atom is -0.497 e. The normalized spacial score (nSPS) is 37.5. The van der Waals surface area contributed by atoms with Crippen LogP contribution >= 0.6 is 0 Å². The van der Waals surface area contributed by atoms with E-state index in [9.17, 15) is 14.7 Å². The number of benzene rings is 1. The Kier molecular flexibility index (Phi) is 5.43. The summed E-state index contributed by atoms with van der Waals surface area (Å²) in [6, 6.07) is 7.09. The standard InChI is InChI=1S/C23H31NO6/c1-22-10-9-19(30-21(27)24-14-5-4-6-15(11-14)28-3)23(2,13-25)18(22)8-7-17-16(22)12-20(26)29-17/h4-6,11,16-19,25H,7-10,12-13H2,1-3H3,(H,24,27)/t16-,17+,18+,19-,22+,23+/m1/s1. The SMILES string of the molecule is COc1cccc(NC(=O)O[C@@H]2CC[C@]3(C)[C@H](CC[C@@H]4OC(=O)C[C@H]43)[C@]2(C)CO)c1. The molecule has 2 saturated carbocycles. The molecule has 4 rings (SSSR count). The zero-order valence-electron chi connectivity index (χ0n) is 17.8. The number of rotatable bonds is 4. The first-order chi connectivity index (χ1) is 14.3. The molecule has 1 aromatic carbocycles. The third-order valence-electron chi connectivity index (χ3n) is 7.88. The van der Waals surface area contributed by atoms with E-state index in [1.165, 1.54) is 0 Å². The maximum absolute atomic E-state index is 12.6. The minimum absolute atomic E-state index is 0.0180. The van der Waals surface area contributed by atoms with Crippen LogP contribution < -0.4 is 10.1 Å². The van der Waals surface area contributed by atoms with Crippen molar-refractivity contribution >= 4 is 17.7 Å². The first-order valence-corrected chi connectivity index (χ1v) is 10.7. The average Bonchev–Trinajstić information content (AvgIpc) is 3.12. The summed E-state index contributed by atoms with van der Waals surface area (Å²) < 4.78 is 16.6. The van der Waals surface area contributed by atoms with E-state index in [1.807, 2.05) is 6.92 Å². The van der Waals surface area contributed by atoms with Gasteiger partial charge in [-0.25, -0.2) is 4.79 Å². The zero-order valence-corrected chi connectivity index (χ0v) is 17.8. The molecule has 164 valence electrons. The third kappa shape index (κ3) is 3.43. The van der Waals surface area contributed by atoms with Crippen LogP contribution in [0.15, 0.2) is 24.3 Å². The van der Waals surface area contributed by atoms with Crippen LogP contribution in [0.25, 0.3) is 0 Å². The van der Waals surface area contributed by atoms with Crippen molar-refractivity contribution in [2.75, 3.05) is 19.0 Å². The summed E-state index contributed by atoms with van der Waals surface area (Å²) in [6.45, 7) is 4.16. The first-order valence-electron chi connectivity index (χ1n) is 10.7. The molecule has 3 fully saturated rings. The van der Waals surface area contributed by atoms with Crippen LogP contribution in [0.5, 0.6) is 5.75 Å². The molecule has 6 atom stereocenters. The summed E-state index contributed by atoms with van der Waals surface area (Å²) in [5, 5.41) is 13.2. The van der Waals surface area contributed by atoms with Crippen molar-refractivity contribution in [1.82, 2.24) is 0 Å². The molecule has 1 heterocycles. The smallest absolute Gasteiger partial charge is 0.411 e. The number of fused-ring (bicyclic) bond motifs is 3. The maximum atomic E-state index is 12.6. The quantitative estimate of drug-likeness (QED) is 0.725. The predicted molar refractivity (Wildman–Crippen MR) is 110 cm³/mol. The number of aliphatic hydroxyl groups is 1. The van der Waals surface area contributed by atoms with Crippen LogP contribution in [-0.2, 0) is 14.3 Å². The van der Waals surface area contributed by atoms with Gasteiger partial charge in [0.05, 0.1) is 20.1 Å². The number of aliphatic hydroxyl groups excluding tert-OH is 1. The molecule has 2 N–H and O–H groups in total. The van der Waals surface area contributed by atoms with Crippen molar-refractivity contribution in [3.05, 3.63) is 24.3 Å². The average molecular weight is 418 g/mol. The number of nitrogens with one attached hydrogen (secondary N) is 1. The second-order valence-electron chi connectivity index (χ2n) is 9.43. The summed E-state index contributed by atoms with van der Waals surface area (Å²) >= 11 is 0. The molecular formula is C23H31NO6. The fourth-order valence-electron chi connectivity index (χ4n) is 6.27. The van der Waals surface area contributed by atoms with E-state index in [0.717, 1.165) is 19.3 Å². The van der Waals surface area contributed by atoms with Crippen LogP contribution in [0.4, 0.5) is 10.5 Å². The van der Waals surface area contributed by atoms with Gasteiger partial charge in [-0.05, 0) is 49.1 Å². The van der Waals surface area contributed by atoms with Gasteiger partial charge in [0.25, 0.3) is 0 Å². The summed E-state index contributed by atoms with van der Waals surface area (Å²) in [4.78, 5) is 24.6. The molecule has 1 aromatic rings. The highest BCUT2D eigenvalue weighted by Gasteiger charge is 2.62. The van der Waals surface area contributed by atoms with Gasteiger partial charge in [0, 0.05) is 23.1 Å². The monoisotopic (exact) mass is 417 g/mol. The van der Waals surface area contributed by atoms with Gasteiger partial charge < -0.3 is 19.3 Å². The first kappa shape index (κ1) is 21.0. The Morgan fingerprint density at radius 3 is 2.83 bits per heavy atom. The lowest BCUT2D eigenvalue weighted by Crippen LogP contribution is -2.59. The molecule has 30 heavy (non-hydrogen) atoms. The summed E-state index contributed by atoms with van der Waals surface area (Å²) in [5.74, 6) is 0.843. The Labute approximate surface area is 177 Å². The molecule has 1 aliphatic heterocycles. The maximum Gasteiger partial charge on any atom is 0.411 e. The Balaban J connectivity index is 1.50. The number of hydrogen-bond donors (Lipinski definition) is 2. The van der Waals surface area contributed by atoms with Crippen LogP contribution in [0.1, 0.15) is 46.0 Å². The van der Waals surface area contributed by atoms with Gasteiger partial charge in [-0.15, -0.1) is 0 Å². The molecule has 0 bridgehead atoms. The number of hydrogen-bond acceptors (Lipinski definition) is 6. The molecule has 0 spiro atoms. The number of methoxy groups -OCH3 is 1. The summed E-state index contributed by atoms with van der Waals surface area (Å²) in [7, 11) is 1.57. The molecule has 0 unspecified atom stereocenters. The number of ether oxygens (including phenoxy) is 3. The van der Waals surface area contributed by atoms with E-state index in [2.05, 4.69) is 12.2 Å². The second-order valence-corrected chi connectivity index (χ2v) is 9.43. The van der Waals surface area contributed by atoms with E-state index in [1.54, 1.807) is 31.4 Å². The molecule has 2 aliphatic carbocycles. The number of esters is 1. The topological polar surface area (TPSA) is 94.1 Å². The lowest BCUT2D eigenvalue weighted by Gasteiger charge is -2.59. The van der Waals surface area contributed by atoms with Crippen molar-refractivity contribution in [3.63, 3.8) is 0 Å². The van der Waals surface area contributed by atoms with E-state index in [0.29, 0.717) is 24.3 Å².